The van der Waals surface area contributed by atoms with Gasteiger partial charge in [0.2, 0.25) is 53.2 Å². The van der Waals surface area contributed by atoms with Gasteiger partial charge in [0.1, 0.15) is 30.8 Å². The molecule has 2 aliphatic rings. The lowest BCUT2D eigenvalue weighted by Gasteiger charge is -2.41. The lowest BCUT2D eigenvalue weighted by Crippen LogP contribution is -2.60. The van der Waals surface area contributed by atoms with Crippen LogP contribution < -0.4 is 47.9 Å². The number of hydrogen-bond donors (Lipinski definition) is 9. The van der Waals surface area contributed by atoms with Gasteiger partial charge in [0, 0.05) is 84.0 Å². The van der Waals surface area contributed by atoms with Gasteiger partial charge in [-0.25, -0.2) is 9.59 Å². The van der Waals surface area contributed by atoms with Gasteiger partial charge >= 0.3 is 12.1 Å². The molecule has 0 radical (unpaired) electrons. The smallest absolute Gasteiger partial charge is 0.410 e. The van der Waals surface area contributed by atoms with Crippen molar-refractivity contribution in [3.63, 3.8) is 0 Å². The number of anilines is 2. The molecule has 666 valence electrons. The third-order valence-electron chi connectivity index (χ3n) is 21.9. The quantitative estimate of drug-likeness (QED) is 0.0151. The first-order valence-electron chi connectivity index (χ1n) is 42.4. The van der Waals surface area contributed by atoms with Crippen LogP contribution in [0.4, 0.5) is 21.0 Å². The van der Waals surface area contributed by atoms with E-state index in [1.807, 2.05) is 80.6 Å². The van der Waals surface area contributed by atoms with Gasteiger partial charge in [0.05, 0.1) is 114 Å². The number of rotatable bonds is 52. The fourth-order valence-corrected chi connectivity index (χ4v) is 14.9. The van der Waals surface area contributed by atoms with Gasteiger partial charge in [-0.1, -0.05) is 153 Å². The summed E-state index contributed by atoms with van der Waals surface area (Å²) < 4.78 is 40.2. The van der Waals surface area contributed by atoms with Crippen LogP contribution in [0.5, 0.6) is 0 Å². The number of amides is 12. The third kappa shape index (κ3) is 32.0. The molecule has 121 heavy (non-hydrogen) atoms. The molecule has 31 heteroatoms. The van der Waals surface area contributed by atoms with E-state index in [2.05, 4.69) is 49.1 Å². The molecule has 10 N–H and O–H groups in total. The van der Waals surface area contributed by atoms with Crippen LogP contribution >= 0.6 is 0 Å². The monoisotopic (exact) mass is 1680 g/mol. The van der Waals surface area contributed by atoms with Crippen LogP contribution in [0.1, 0.15) is 174 Å². The first-order valence-corrected chi connectivity index (χ1v) is 42.4. The number of nitrogens with two attached hydrogens (primary N) is 1. The van der Waals surface area contributed by atoms with Gasteiger partial charge in [0.15, 0.2) is 0 Å². The number of ether oxygens (including phenoxy) is 7. The number of nitrogens with one attached hydrogen (secondary N) is 7. The number of carbonyl (C=O) groups is 11. The van der Waals surface area contributed by atoms with E-state index < -0.39 is 126 Å². The normalized spacial score (nSPS) is 15.8. The molecule has 0 aromatic heterocycles. The number of para-hydroxylation sites is 1. The number of hydrogen-bond acceptors (Lipinski definition) is 19. The van der Waals surface area contributed by atoms with Crippen molar-refractivity contribution in [2.45, 2.75) is 214 Å². The third-order valence-corrected chi connectivity index (χ3v) is 21.9. The summed E-state index contributed by atoms with van der Waals surface area (Å²) in [6.45, 7) is 21.1. The molecule has 1 fully saturated rings. The largest absolute Gasteiger partial charge is 0.445 e. The highest BCUT2D eigenvalue weighted by atomic mass is 16.6. The summed E-state index contributed by atoms with van der Waals surface area (Å²) in [5, 5.41) is 30.6. The van der Waals surface area contributed by atoms with E-state index in [9.17, 15) is 57.8 Å². The first-order chi connectivity index (χ1) is 57.9. The highest BCUT2D eigenvalue weighted by Crippen LogP contribution is 2.32. The highest BCUT2D eigenvalue weighted by Gasteiger charge is 2.44. The number of likely N-dealkylation sites (tertiary alicyclic amines) is 1. The van der Waals surface area contributed by atoms with Gasteiger partial charge in [-0.15, -0.1) is 0 Å². The summed E-state index contributed by atoms with van der Waals surface area (Å²) in [6, 6.07) is 24.1. The van der Waals surface area contributed by atoms with Crippen LogP contribution in [0.25, 0.3) is 0 Å². The zero-order chi connectivity index (χ0) is 88.7. The Balaban J connectivity index is 0.886. The molecule has 4 aromatic carbocycles. The average molecular weight is 1690 g/mol. The Morgan fingerprint density at radius 2 is 1.20 bits per heavy atom. The van der Waals surface area contributed by atoms with Crippen molar-refractivity contribution in [1.82, 2.24) is 46.6 Å². The maximum absolute atomic E-state index is 14.9. The zero-order valence-electron chi connectivity index (χ0n) is 73.1. The summed E-state index contributed by atoms with van der Waals surface area (Å²) in [5.74, 6) is 0.876. The summed E-state index contributed by atoms with van der Waals surface area (Å²) in [5.41, 5.74) is 10.3. The molecule has 0 saturated carbocycles. The van der Waals surface area contributed by atoms with Gasteiger partial charge < -0.3 is 95.9 Å². The Kier molecular flexibility index (Phi) is 43.1. The fourth-order valence-electron chi connectivity index (χ4n) is 14.9. The van der Waals surface area contributed by atoms with Crippen molar-refractivity contribution < 1.29 is 91.0 Å². The maximum Gasteiger partial charge on any atom is 0.410 e. The number of nitrogens with zero attached hydrogens (tertiary/aromatic N) is 4. The molecule has 2 heterocycles. The second-order valence-corrected chi connectivity index (χ2v) is 32.0. The van der Waals surface area contributed by atoms with Gasteiger partial charge in [-0.2, -0.15) is 0 Å². The molecule has 4 aromatic rings. The Bertz CT molecular complexity index is 4030. The molecule has 0 aliphatic carbocycles. The number of likely N-dealkylation sites (N-methyl/N-ethyl adjacent to an activating group) is 2. The highest BCUT2D eigenvalue weighted by molar-refractivity contribution is 5.99. The number of aliphatic hydroxyl groups is 1. The Labute approximate surface area is 713 Å². The zero-order valence-corrected chi connectivity index (χ0v) is 73.1. The molecule has 12 amide bonds. The number of benzene rings is 4. The Morgan fingerprint density at radius 1 is 0.587 bits per heavy atom. The average Bonchev–Trinajstić information content (AvgIpc) is 1.76. The van der Waals surface area contributed by atoms with Crippen molar-refractivity contribution in [2.75, 3.05) is 111 Å². The fraction of sp³-hybridized carbons (Fsp3) is 0.589. The van der Waals surface area contributed by atoms with E-state index in [1.54, 1.807) is 114 Å². The number of unbranched alkanes of at least 4 members (excludes halogenated alkanes) is 1. The van der Waals surface area contributed by atoms with Crippen molar-refractivity contribution >= 4 is 76.7 Å². The molecule has 12 atom stereocenters. The lowest BCUT2D eigenvalue weighted by atomic mass is 9.89. The molecule has 31 nitrogen and oxygen atoms in total. The number of aliphatic hydroxyl groups excluding tert-OH is 1. The van der Waals surface area contributed by atoms with Crippen molar-refractivity contribution in [3.8, 4) is 11.8 Å². The van der Waals surface area contributed by atoms with Crippen LogP contribution in [-0.2, 0) is 89.5 Å². The summed E-state index contributed by atoms with van der Waals surface area (Å²) in [4.78, 5) is 156. The van der Waals surface area contributed by atoms with Gasteiger partial charge in [-0.05, 0) is 116 Å². The minimum absolute atomic E-state index is 0.0191. The van der Waals surface area contributed by atoms with Crippen molar-refractivity contribution in [1.29, 1.82) is 0 Å². The van der Waals surface area contributed by atoms with E-state index in [0.717, 1.165) is 22.4 Å². The molecular weight excluding hydrogens is 1550 g/mol. The van der Waals surface area contributed by atoms with Crippen molar-refractivity contribution in [2.24, 2.45) is 35.3 Å². The Hall–Kier alpha value is -10.1. The summed E-state index contributed by atoms with van der Waals surface area (Å²) in [7, 11) is 6.08. The van der Waals surface area contributed by atoms with Crippen molar-refractivity contribution in [3.05, 3.63) is 131 Å². The molecule has 6 rings (SSSR count). The molecule has 0 bridgehead atoms. The van der Waals surface area contributed by atoms with Gasteiger partial charge in [0.25, 0.3) is 0 Å². The standard InChI is InChI=1S/C90H132N12O19/c1-15-61(8)81(73(115-13)55-77(106)101-46-26-34-72(101)83(116-14)62(9)84(108)94-63(10)82(107)67-29-17-16-18-30-67)99(11)88(112)79(59(4)5)98-87(111)80(60(6)7)100(12)90(114)121-57-64-37-41-69(42-38-64)95-85(109)70(32-25-44-93-89(91)113)96-86(110)78(58(2)3)97-75(104)43-47-117-49-51-119-53-54-120-52-50-118-48-45-92-74(103)35-23-24-36-76(105)102-56-68-31-20-19-27-65(68)39-40-66-28-21-22-33-71(66)102/h16-22,27-31,33,37-38,41-42,58-63,70,72-73,78-83,107H,15,23-26,32,34-36,43-57H2,1-14H3,(H,92,103)(H,94,108)(H,95,109)(H,96,110)(H,97,104)(H,98,111)(H3,91,93,113)/t61?,62-,63-,70?,72+,73-,78+,79+,80?,81+,82?,83-/m1/s1. The van der Waals surface area contributed by atoms with E-state index >= 15 is 0 Å². The molecule has 2 aliphatic heterocycles. The SMILES string of the molecule is CCC(C)[C@@H]([C@@H](CC(=O)N1CCC[C@H]1[C@H](OC)[C@@H](C)C(=O)N[C@H](C)C(O)c1ccccc1)OC)N(C)C(=O)[C@@H](NC(=O)C(C(C)C)N(C)C(=O)OCc1ccc(NC(=O)C(CCCNC(N)=O)NC(=O)[C@@H](NC(=O)CCOCCOCCOCCOCCNC(=O)CCCCC(=O)N2Cc3ccccc3C#Cc3ccccc32)C(C)C)cc1)C(C)C. The minimum Gasteiger partial charge on any atom is -0.445 e. The Morgan fingerprint density at radius 3 is 1.83 bits per heavy atom. The lowest BCUT2D eigenvalue weighted by molar-refractivity contribution is -0.148. The van der Waals surface area contributed by atoms with Crippen LogP contribution in [0, 0.1) is 41.4 Å². The topological polar surface area (TPSA) is 396 Å². The number of fused-ring (bicyclic) bond motifs is 2. The van der Waals surface area contributed by atoms with Crippen LogP contribution in [0.15, 0.2) is 103 Å². The number of urea groups is 1. The molecular formula is C90H132N12O19. The van der Waals surface area contributed by atoms with Crippen LogP contribution in [0.2, 0.25) is 0 Å². The van der Waals surface area contributed by atoms with E-state index in [-0.39, 0.29) is 94.8 Å². The van der Waals surface area contributed by atoms with Gasteiger partial charge in [-0.3, -0.25) is 48.1 Å². The number of primary amides is 1. The first kappa shape index (κ1) is 99.7. The molecule has 4 unspecified atom stereocenters. The second kappa shape index (κ2) is 52.3. The molecule has 0 spiro atoms. The predicted octanol–water partition coefficient (Wildman–Crippen LogP) is 7.67. The number of methoxy groups -OCH3 is 2. The minimum atomic E-state index is -1.13. The summed E-state index contributed by atoms with van der Waals surface area (Å²) in [6.07, 6.45) is 0.510. The number of carbonyl (C=O) groups excluding carboxylic acids is 11. The second-order valence-electron chi connectivity index (χ2n) is 32.0. The molecule has 1 saturated heterocycles. The van der Waals surface area contributed by atoms with Crippen LogP contribution in [0.3, 0.4) is 0 Å². The summed E-state index contributed by atoms with van der Waals surface area (Å²) >= 11 is 0. The van der Waals surface area contributed by atoms with E-state index in [0.29, 0.717) is 108 Å². The predicted molar refractivity (Wildman–Crippen MR) is 458 cm³/mol. The van der Waals surface area contributed by atoms with E-state index in [4.69, 9.17) is 38.9 Å². The maximum atomic E-state index is 14.9. The van der Waals surface area contributed by atoms with Crippen LogP contribution in [-0.4, -0.2) is 240 Å². The van der Waals surface area contributed by atoms with E-state index in [1.165, 1.54) is 26.2 Å².